The summed E-state index contributed by atoms with van der Waals surface area (Å²) in [7, 11) is 0. The van der Waals surface area contributed by atoms with Crippen LogP contribution < -0.4 is 5.32 Å². The number of rotatable bonds is 6. The zero-order valence-electron chi connectivity index (χ0n) is 14.9. The van der Waals surface area contributed by atoms with Crippen LogP contribution in [0.2, 0.25) is 0 Å². The standard InChI is InChI=1S/C20H31N3/c1-4-5-14-23-18-13-9-12-17(19(18)22-20(23)15(2)3)21-16-10-7-6-8-11-16/h9,12-13,15-16,21H,4-8,10-11,14H2,1-3H3. The van der Waals surface area contributed by atoms with Crippen molar-refractivity contribution in [1.82, 2.24) is 9.55 Å². The number of anilines is 1. The highest BCUT2D eigenvalue weighted by Crippen LogP contribution is 2.30. The molecule has 0 saturated heterocycles. The molecule has 1 aromatic carbocycles. The molecule has 3 nitrogen and oxygen atoms in total. The second-order valence-corrected chi connectivity index (χ2v) is 7.28. The molecule has 1 fully saturated rings. The first kappa shape index (κ1) is 16.4. The molecule has 0 radical (unpaired) electrons. The predicted molar refractivity (Wildman–Crippen MR) is 99.2 cm³/mol. The van der Waals surface area contributed by atoms with Gasteiger partial charge in [0.1, 0.15) is 11.3 Å². The minimum Gasteiger partial charge on any atom is -0.381 e. The van der Waals surface area contributed by atoms with E-state index in [9.17, 15) is 0 Å². The average Bonchev–Trinajstić information content (AvgIpc) is 2.94. The summed E-state index contributed by atoms with van der Waals surface area (Å²) in [6.45, 7) is 7.83. The lowest BCUT2D eigenvalue weighted by Crippen LogP contribution is -2.22. The zero-order chi connectivity index (χ0) is 16.2. The van der Waals surface area contributed by atoms with Gasteiger partial charge in [-0.15, -0.1) is 0 Å². The molecule has 1 N–H and O–H groups in total. The number of imidazole rings is 1. The van der Waals surface area contributed by atoms with Crippen molar-refractivity contribution in [2.24, 2.45) is 0 Å². The Kier molecular flexibility index (Phi) is 5.24. The van der Waals surface area contributed by atoms with Gasteiger partial charge in [0.2, 0.25) is 0 Å². The number of hydrogen-bond acceptors (Lipinski definition) is 2. The molecule has 126 valence electrons. The van der Waals surface area contributed by atoms with E-state index in [2.05, 4.69) is 48.9 Å². The minimum atomic E-state index is 0.460. The fourth-order valence-electron chi connectivity index (χ4n) is 3.74. The molecule has 1 aliphatic carbocycles. The van der Waals surface area contributed by atoms with Gasteiger partial charge < -0.3 is 9.88 Å². The maximum atomic E-state index is 5.03. The Hall–Kier alpha value is -1.51. The molecule has 0 spiro atoms. The van der Waals surface area contributed by atoms with Crippen LogP contribution in [-0.2, 0) is 6.54 Å². The first-order valence-corrected chi connectivity index (χ1v) is 9.46. The fourth-order valence-corrected chi connectivity index (χ4v) is 3.74. The number of aromatic nitrogens is 2. The average molecular weight is 313 g/mol. The molecule has 0 unspecified atom stereocenters. The number of para-hydroxylation sites is 1. The number of unbranched alkanes of at least 4 members (excludes halogenated alkanes) is 1. The summed E-state index contributed by atoms with van der Waals surface area (Å²) < 4.78 is 2.44. The summed E-state index contributed by atoms with van der Waals surface area (Å²) in [4.78, 5) is 5.03. The van der Waals surface area contributed by atoms with Gasteiger partial charge in [0.15, 0.2) is 0 Å². The van der Waals surface area contributed by atoms with Crippen molar-refractivity contribution in [2.45, 2.75) is 84.2 Å². The van der Waals surface area contributed by atoms with Gasteiger partial charge in [-0.2, -0.15) is 0 Å². The van der Waals surface area contributed by atoms with Crippen LogP contribution in [0, 0.1) is 0 Å². The molecule has 0 bridgehead atoms. The van der Waals surface area contributed by atoms with Crippen LogP contribution in [0.25, 0.3) is 11.0 Å². The van der Waals surface area contributed by atoms with Crippen LogP contribution in [-0.4, -0.2) is 15.6 Å². The summed E-state index contributed by atoms with van der Waals surface area (Å²) in [6, 6.07) is 7.24. The summed E-state index contributed by atoms with van der Waals surface area (Å²) in [5.74, 6) is 1.69. The quantitative estimate of drug-likeness (QED) is 0.741. The molecule has 2 aromatic rings. The summed E-state index contributed by atoms with van der Waals surface area (Å²) in [6.07, 6.45) is 9.13. The number of fused-ring (bicyclic) bond motifs is 1. The maximum Gasteiger partial charge on any atom is 0.112 e. The number of aryl methyl sites for hydroxylation is 1. The Bertz CT molecular complexity index is 636. The van der Waals surface area contributed by atoms with Crippen LogP contribution in [0.4, 0.5) is 5.69 Å². The van der Waals surface area contributed by atoms with E-state index >= 15 is 0 Å². The Morgan fingerprint density at radius 1 is 1.22 bits per heavy atom. The lowest BCUT2D eigenvalue weighted by molar-refractivity contribution is 0.463. The first-order chi connectivity index (χ1) is 11.2. The maximum absolute atomic E-state index is 5.03. The van der Waals surface area contributed by atoms with Crippen molar-refractivity contribution in [1.29, 1.82) is 0 Å². The van der Waals surface area contributed by atoms with Crippen LogP contribution in [0.5, 0.6) is 0 Å². The third-order valence-electron chi connectivity index (χ3n) is 5.02. The van der Waals surface area contributed by atoms with E-state index in [1.165, 1.54) is 62.0 Å². The molecule has 0 amide bonds. The number of nitrogens with zero attached hydrogens (tertiary/aromatic N) is 2. The van der Waals surface area contributed by atoms with Crippen molar-refractivity contribution in [3.05, 3.63) is 24.0 Å². The van der Waals surface area contributed by atoms with E-state index < -0.39 is 0 Å². The van der Waals surface area contributed by atoms with Crippen LogP contribution in [0.15, 0.2) is 18.2 Å². The Labute approximate surface area is 140 Å². The molecule has 1 aromatic heterocycles. The number of hydrogen-bond donors (Lipinski definition) is 1. The lowest BCUT2D eigenvalue weighted by Gasteiger charge is -2.24. The van der Waals surface area contributed by atoms with Crippen molar-refractivity contribution < 1.29 is 0 Å². The molecule has 1 heterocycles. The summed E-state index contributed by atoms with van der Waals surface area (Å²) in [5, 5.41) is 3.78. The SMILES string of the molecule is CCCCn1c(C(C)C)nc2c(NC3CCCCC3)cccc21. The molecule has 3 heteroatoms. The first-order valence-electron chi connectivity index (χ1n) is 9.46. The fraction of sp³-hybridized carbons (Fsp3) is 0.650. The molecule has 3 rings (SSSR count). The molecule has 0 aliphatic heterocycles. The largest absolute Gasteiger partial charge is 0.381 e. The zero-order valence-corrected chi connectivity index (χ0v) is 14.9. The van der Waals surface area contributed by atoms with Crippen molar-refractivity contribution in [3.63, 3.8) is 0 Å². The molecule has 1 saturated carbocycles. The third-order valence-corrected chi connectivity index (χ3v) is 5.02. The van der Waals surface area contributed by atoms with E-state index in [0.29, 0.717) is 12.0 Å². The highest BCUT2D eigenvalue weighted by atomic mass is 15.1. The lowest BCUT2D eigenvalue weighted by atomic mass is 9.95. The number of benzene rings is 1. The molecule has 23 heavy (non-hydrogen) atoms. The van der Waals surface area contributed by atoms with Crippen LogP contribution >= 0.6 is 0 Å². The molecule has 0 atom stereocenters. The molecular weight excluding hydrogens is 282 g/mol. The van der Waals surface area contributed by atoms with Gasteiger partial charge in [0, 0.05) is 18.5 Å². The third kappa shape index (κ3) is 3.54. The van der Waals surface area contributed by atoms with Gasteiger partial charge in [-0.1, -0.05) is 52.5 Å². The Morgan fingerprint density at radius 2 is 2.00 bits per heavy atom. The number of nitrogens with one attached hydrogen (secondary N) is 1. The topological polar surface area (TPSA) is 29.9 Å². The smallest absolute Gasteiger partial charge is 0.112 e. The van der Waals surface area contributed by atoms with Crippen molar-refractivity contribution in [2.75, 3.05) is 5.32 Å². The minimum absolute atomic E-state index is 0.460. The van der Waals surface area contributed by atoms with Gasteiger partial charge >= 0.3 is 0 Å². The second kappa shape index (κ2) is 7.37. The van der Waals surface area contributed by atoms with Crippen molar-refractivity contribution >= 4 is 16.7 Å². The second-order valence-electron chi connectivity index (χ2n) is 7.28. The van der Waals surface area contributed by atoms with E-state index in [1.807, 2.05) is 0 Å². The van der Waals surface area contributed by atoms with Gasteiger partial charge in [-0.05, 0) is 31.4 Å². The predicted octanol–water partition coefficient (Wildman–Crippen LogP) is 5.70. The normalized spacial score (nSPS) is 16.3. The highest BCUT2D eigenvalue weighted by Gasteiger charge is 2.18. The van der Waals surface area contributed by atoms with Gasteiger partial charge in [0.25, 0.3) is 0 Å². The van der Waals surface area contributed by atoms with Crippen molar-refractivity contribution in [3.8, 4) is 0 Å². The van der Waals surface area contributed by atoms with Gasteiger partial charge in [0.05, 0.1) is 11.2 Å². The molecular formula is C20H31N3. The van der Waals surface area contributed by atoms with Gasteiger partial charge in [-0.3, -0.25) is 0 Å². The molecule has 1 aliphatic rings. The highest BCUT2D eigenvalue weighted by molar-refractivity contribution is 5.89. The Morgan fingerprint density at radius 3 is 2.70 bits per heavy atom. The van der Waals surface area contributed by atoms with E-state index in [0.717, 1.165) is 12.1 Å². The monoisotopic (exact) mass is 313 g/mol. The van der Waals surface area contributed by atoms with Crippen LogP contribution in [0.1, 0.15) is 77.5 Å². The summed E-state index contributed by atoms with van der Waals surface area (Å²) in [5.41, 5.74) is 3.69. The van der Waals surface area contributed by atoms with E-state index in [1.54, 1.807) is 0 Å². The van der Waals surface area contributed by atoms with E-state index in [4.69, 9.17) is 4.98 Å². The Balaban J connectivity index is 1.95. The van der Waals surface area contributed by atoms with Crippen LogP contribution in [0.3, 0.4) is 0 Å². The van der Waals surface area contributed by atoms with E-state index in [-0.39, 0.29) is 0 Å². The van der Waals surface area contributed by atoms with Gasteiger partial charge in [-0.25, -0.2) is 4.98 Å². The summed E-state index contributed by atoms with van der Waals surface area (Å²) >= 11 is 0.